The molecule has 2 aromatic rings. The molecule has 1 aromatic heterocycles. The molecule has 0 aliphatic heterocycles. The van der Waals surface area contributed by atoms with Crippen molar-refractivity contribution in [1.29, 1.82) is 5.26 Å². The molecule has 1 aromatic carbocycles. The van der Waals surface area contributed by atoms with Crippen LogP contribution in [0.3, 0.4) is 0 Å². The summed E-state index contributed by atoms with van der Waals surface area (Å²) in [7, 11) is 0. The summed E-state index contributed by atoms with van der Waals surface area (Å²) in [6.45, 7) is 0.683. The number of hydrogen-bond acceptors (Lipinski definition) is 5. The lowest BCUT2D eigenvalue weighted by molar-refractivity contribution is 0.407. The van der Waals surface area contributed by atoms with E-state index in [1.807, 2.05) is 0 Å². The Bertz CT molecular complexity index is 533. The van der Waals surface area contributed by atoms with Crippen LogP contribution < -0.4 is 5.32 Å². The molecule has 0 radical (unpaired) electrons. The number of nitrogens with one attached hydrogen (secondary N) is 1. The molecule has 0 fully saturated rings. The lowest BCUT2D eigenvalue weighted by Crippen LogP contribution is -2.15. The van der Waals surface area contributed by atoms with Gasteiger partial charge < -0.3 is 9.84 Å². The van der Waals surface area contributed by atoms with Crippen LogP contribution >= 0.6 is 0 Å². The van der Waals surface area contributed by atoms with Crippen LogP contribution in [0.1, 0.15) is 17.0 Å². The van der Waals surface area contributed by atoms with E-state index in [0.29, 0.717) is 24.5 Å². The molecule has 5 nitrogen and oxygen atoms in total. The first kappa shape index (κ1) is 11.2. The average molecular weight is 232 g/mol. The quantitative estimate of drug-likeness (QED) is 0.861. The number of halogens is 1. The topological polar surface area (TPSA) is 74.7 Å². The van der Waals surface area contributed by atoms with E-state index in [2.05, 4.69) is 20.0 Å². The minimum atomic E-state index is -0.490. The zero-order valence-corrected chi connectivity index (χ0v) is 8.85. The maximum Gasteiger partial charge on any atom is 0.213 e. The SMILES string of the molecule is N#Cc1cccc(CNCc2ncon2)c1F. The number of nitrogens with zero attached hydrogens (tertiary/aromatic N) is 3. The molecular weight excluding hydrogens is 223 g/mol. The van der Waals surface area contributed by atoms with Gasteiger partial charge in [0.1, 0.15) is 11.9 Å². The first-order chi connectivity index (χ1) is 8.31. The summed E-state index contributed by atoms with van der Waals surface area (Å²) in [4.78, 5) is 3.82. The Balaban J connectivity index is 1.98. The molecule has 0 atom stereocenters. The summed E-state index contributed by atoms with van der Waals surface area (Å²) in [6.07, 6.45) is 1.23. The fraction of sp³-hybridized carbons (Fsp3) is 0.182. The van der Waals surface area contributed by atoms with E-state index in [1.165, 1.54) is 12.5 Å². The van der Waals surface area contributed by atoms with Gasteiger partial charge in [0.25, 0.3) is 0 Å². The predicted octanol–water partition coefficient (Wildman–Crippen LogP) is 1.37. The summed E-state index contributed by atoms with van der Waals surface area (Å²) < 4.78 is 18.2. The van der Waals surface area contributed by atoms with Gasteiger partial charge in [-0.15, -0.1) is 0 Å². The van der Waals surface area contributed by atoms with Gasteiger partial charge in [-0.05, 0) is 6.07 Å². The van der Waals surface area contributed by atoms with Gasteiger partial charge in [-0.2, -0.15) is 10.2 Å². The molecule has 17 heavy (non-hydrogen) atoms. The average Bonchev–Trinajstić information content (AvgIpc) is 2.84. The molecule has 0 spiro atoms. The molecule has 0 aliphatic rings. The van der Waals surface area contributed by atoms with Gasteiger partial charge >= 0.3 is 0 Å². The summed E-state index contributed by atoms with van der Waals surface area (Å²) >= 11 is 0. The van der Waals surface area contributed by atoms with Crippen molar-refractivity contribution in [3.05, 3.63) is 47.4 Å². The van der Waals surface area contributed by atoms with E-state index in [1.54, 1.807) is 18.2 Å². The Morgan fingerprint density at radius 2 is 2.29 bits per heavy atom. The van der Waals surface area contributed by atoms with Crippen molar-refractivity contribution >= 4 is 0 Å². The normalized spacial score (nSPS) is 10.1. The molecule has 0 unspecified atom stereocenters. The summed E-state index contributed by atoms with van der Waals surface area (Å²) in [5.41, 5.74) is 0.483. The second kappa shape index (κ2) is 5.18. The highest BCUT2D eigenvalue weighted by atomic mass is 19.1. The van der Waals surface area contributed by atoms with Gasteiger partial charge in [-0.1, -0.05) is 17.3 Å². The Labute approximate surface area is 96.9 Å². The van der Waals surface area contributed by atoms with Crippen LogP contribution in [-0.2, 0) is 13.1 Å². The molecular formula is C11H9FN4O. The van der Waals surface area contributed by atoms with Gasteiger partial charge in [-0.3, -0.25) is 0 Å². The maximum atomic E-state index is 13.6. The highest BCUT2D eigenvalue weighted by Gasteiger charge is 2.07. The number of benzene rings is 1. The highest BCUT2D eigenvalue weighted by molar-refractivity contribution is 5.34. The third-order valence-corrected chi connectivity index (χ3v) is 2.20. The Kier molecular flexibility index (Phi) is 3.43. The monoisotopic (exact) mass is 232 g/mol. The van der Waals surface area contributed by atoms with Crippen molar-refractivity contribution in [2.75, 3.05) is 0 Å². The zero-order chi connectivity index (χ0) is 12.1. The van der Waals surface area contributed by atoms with Crippen molar-refractivity contribution in [3.63, 3.8) is 0 Å². The van der Waals surface area contributed by atoms with Crippen LogP contribution in [0, 0.1) is 17.1 Å². The first-order valence-electron chi connectivity index (χ1n) is 4.94. The summed E-state index contributed by atoms with van der Waals surface area (Å²) in [6, 6.07) is 6.51. The van der Waals surface area contributed by atoms with Crippen molar-refractivity contribution in [2.24, 2.45) is 0 Å². The molecule has 0 saturated carbocycles. The van der Waals surface area contributed by atoms with Crippen molar-refractivity contribution < 1.29 is 8.91 Å². The smallest absolute Gasteiger partial charge is 0.213 e. The van der Waals surface area contributed by atoms with E-state index in [4.69, 9.17) is 5.26 Å². The third kappa shape index (κ3) is 2.65. The highest BCUT2D eigenvalue weighted by Crippen LogP contribution is 2.11. The van der Waals surface area contributed by atoms with Crippen LogP contribution in [0.5, 0.6) is 0 Å². The van der Waals surface area contributed by atoms with Crippen LogP contribution in [0.25, 0.3) is 0 Å². The van der Waals surface area contributed by atoms with E-state index in [0.717, 1.165) is 0 Å². The minimum Gasteiger partial charge on any atom is -0.343 e. The second-order valence-electron chi connectivity index (χ2n) is 3.34. The summed E-state index contributed by atoms with van der Waals surface area (Å²) in [5, 5.41) is 15.2. The molecule has 1 heterocycles. The zero-order valence-electron chi connectivity index (χ0n) is 8.85. The molecule has 1 N–H and O–H groups in total. The van der Waals surface area contributed by atoms with Crippen molar-refractivity contribution in [3.8, 4) is 6.07 Å². The van der Waals surface area contributed by atoms with Crippen molar-refractivity contribution in [2.45, 2.75) is 13.1 Å². The van der Waals surface area contributed by atoms with Crippen LogP contribution in [0.2, 0.25) is 0 Å². The maximum absolute atomic E-state index is 13.6. The molecule has 2 rings (SSSR count). The standard InChI is InChI=1S/C11H9FN4O/c12-11-8(4-13)2-1-3-9(11)5-14-6-10-15-7-17-16-10/h1-3,7,14H,5-6H2. The molecule has 0 amide bonds. The molecule has 6 heteroatoms. The van der Waals surface area contributed by atoms with Crippen LogP contribution in [0.4, 0.5) is 4.39 Å². The molecule has 0 aliphatic carbocycles. The lowest BCUT2D eigenvalue weighted by Gasteiger charge is -2.04. The van der Waals surface area contributed by atoms with Gasteiger partial charge in [0.2, 0.25) is 6.39 Å². The van der Waals surface area contributed by atoms with Crippen molar-refractivity contribution in [1.82, 2.24) is 15.5 Å². The molecule has 0 bridgehead atoms. The first-order valence-corrected chi connectivity index (χ1v) is 4.94. The number of hydrogen-bond donors (Lipinski definition) is 1. The Morgan fingerprint density at radius 3 is 3.00 bits per heavy atom. The van der Waals surface area contributed by atoms with Gasteiger partial charge in [0, 0.05) is 12.1 Å². The van der Waals surface area contributed by atoms with Crippen LogP contribution in [-0.4, -0.2) is 10.1 Å². The lowest BCUT2D eigenvalue weighted by atomic mass is 10.1. The number of nitriles is 1. The van der Waals surface area contributed by atoms with E-state index < -0.39 is 5.82 Å². The number of rotatable bonds is 4. The van der Waals surface area contributed by atoms with E-state index in [-0.39, 0.29) is 5.56 Å². The summed E-state index contributed by atoms with van der Waals surface area (Å²) in [5.74, 6) is 0.0115. The van der Waals surface area contributed by atoms with E-state index in [9.17, 15) is 4.39 Å². The Hall–Kier alpha value is -2.26. The van der Waals surface area contributed by atoms with Gasteiger partial charge in [0.05, 0.1) is 12.1 Å². The molecule has 86 valence electrons. The van der Waals surface area contributed by atoms with Crippen LogP contribution in [0.15, 0.2) is 29.1 Å². The fourth-order valence-corrected chi connectivity index (χ4v) is 1.38. The number of aromatic nitrogens is 2. The minimum absolute atomic E-state index is 0.0452. The second-order valence-corrected chi connectivity index (χ2v) is 3.34. The van der Waals surface area contributed by atoms with Gasteiger partial charge in [-0.25, -0.2) is 4.39 Å². The fourth-order valence-electron chi connectivity index (χ4n) is 1.38. The predicted molar refractivity (Wildman–Crippen MR) is 56.0 cm³/mol. The largest absolute Gasteiger partial charge is 0.343 e. The Morgan fingerprint density at radius 1 is 1.41 bits per heavy atom. The third-order valence-electron chi connectivity index (χ3n) is 2.20. The molecule has 0 saturated heterocycles. The van der Waals surface area contributed by atoms with Gasteiger partial charge in [0.15, 0.2) is 5.82 Å². The van der Waals surface area contributed by atoms with E-state index >= 15 is 0 Å².